The van der Waals surface area contributed by atoms with Crippen LogP contribution in [0.1, 0.15) is 58.0 Å². The number of carbonyl (C=O) groups is 2. The Hall–Kier alpha value is -4.43. The normalized spacial score (nSPS) is 10.5. The fourth-order valence-electron chi connectivity index (χ4n) is 3.73. The van der Waals surface area contributed by atoms with Gasteiger partial charge in [-0.05, 0) is 89.8 Å². The minimum Gasteiger partial charge on any atom is -0.423 e. The summed E-state index contributed by atoms with van der Waals surface area (Å²) in [5.74, 6) is -0.0652. The number of rotatable bonds is 8. The van der Waals surface area contributed by atoms with Crippen molar-refractivity contribution < 1.29 is 19.1 Å². The van der Waals surface area contributed by atoms with Crippen molar-refractivity contribution in [3.05, 3.63) is 107 Å². The minimum absolute atomic E-state index is 0.362. The van der Waals surface area contributed by atoms with E-state index in [1.165, 1.54) is 18.4 Å². The molecule has 4 rings (SSSR count). The highest BCUT2D eigenvalue weighted by Crippen LogP contribution is 2.22. The van der Waals surface area contributed by atoms with Gasteiger partial charge in [0.15, 0.2) is 0 Å². The predicted molar refractivity (Wildman–Crippen MR) is 135 cm³/mol. The second-order valence-corrected chi connectivity index (χ2v) is 8.29. The highest BCUT2D eigenvalue weighted by molar-refractivity contribution is 5.99. The summed E-state index contributed by atoms with van der Waals surface area (Å²) in [7, 11) is 0. The summed E-state index contributed by atoms with van der Waals surface area (Å²) in [4.78, 5) is 25.2. The van der Waals surface area contributed by atoms with E-state index >= 15 is 0 Å². The molecule has 35 heavy (non-hydrogen) atoms. The van der Waals surface area contributed by atoms with Gasteiger partial charge in [-0.15, -0.1) is 0 Å². The number of carbonyl (C=O) groups excluding carboxylic acids is 2. The third-order valence-corrected chi connectivity index (χ3v) is 5.71. The van der Waals surface area contributed by atoms with E-state index in [0.717, 1.165) is 23.6 Å². The molecule has 174 valence electrons. The molecule has 0 aromatic heterocycles. The molecule has 0 saturated carbocycles. The first-order chi connectivity index (χ1) is 17.1. The molecule has 5 nitrogen and oxygen atoms in total. The molecule has 0 atom stereocenters. The first kappa shape index (κ1) is 23.7. The topological polar surface area (TPSA) is 76.4 Å². The Morgan fingerprint density at radius 3 is 1.71 bits per heavy atom. The second-order valence-electron chi connectivity index (χ2n) is 8.29. The quantitative estimate of drug-likeness (QED) is 0.162. The molecule has 0 unspecified atom stereocenters. The van der Waals surface area contributed by atoms with Crippen LogP contribution in [0.3, 0.4) is 0 Å². The molecular formula is C30H25NO4. The predicted octanol–water partition coefficient (Wildman–Crippen LogP) is 6.88. The van der Waals surface area contributed by atoms with E-state index in [0.29, 0.717) is 28.2 Å². The third-order valence-electron chi connectivity index (χ3n) is 5.71. The number of ether oxygens (including phenoxy) is 2. The number of fused-ring (bicyclic) bond motifs is 1. The summed E-state index contributed by atoms with van der Waals surface area (Å²) in [6.45, 7) is 2.18. The highest BCUT2D eigenvalue weighted by Gasteiger charge is 2.13. The lowest BCUT2D eigenvalue weighted by molar-refractivity contribution is 0.0725. The van der Waals surface area contributed by atoms with Gasteiger partial charge in [-0.25, -0.2) is 9.59 Å². The van der Waals surface area contributed by atoms with Crippen LogP contribution in [0.4, 0.5) is 0 Å². The molecule has 0 spiro atoms. The lowest BCUT2D eigenvalue weighted by atomic mass is 10.0. The summed E-state index contributed by atoms with van der Waals surface area (Å²) in [6.07, 6.45) is 4.57. The van der Waals surface area contributed by atoms with Gasteiger partial charge in [-0.1, -0.05) is 44.0 Å². The molecule has 0 N–H and O–H groups in total. The van der Waals surface area contributed by atoms with Crippen molar-refractivity contribution in [2.45, 2.75) is 32.6 Å². The van der Waals surface area contributed by atoms with Crippen LogP contribution in [0.15, 0.2) is 84.9 Å². The molecular weight excluding hydrogens is 438 g/mol. The van der Waals surface area contributed by atoms with Gasteiger partial charge in [0.05, 0.1) is 22.8 Å². The van der Waals surface area contributed by atoms with Crippen LogP contribution in [0.2, 0.25) is 0 Å². The molecule has 0 aliphatic heterocycles. The van der Waals surface area contributed by atoms with Gasteiger partial charge in [0.2, 0.25) is 0 Å². The molecule has 0 bridgehead atoms. The minimum atomic E-state index is -0.502. The Bertz CT molecular complexity index is 1380. The average molecular weight is 464 g/mol. The fourth-order valence-corrected chi connectivity index (χ4v) is 3.73. The van der Waals surface area contributed by atoms with Crippen LogP contribution in [-0.2, 0) is 6.42 Å². The van der Waals surface area contributed by atoms with Gasteiger partial charge in [-0.2, -0.15) is 5.26 Å². The Kier molecular flexibility index (Phi) is 7.54. The molecule has 4 aromatic rings. The fraction of sp³-hybridized carbons (Fsp3) is 0.167. The lowest BCUT2D eigenvalue weighted by Gasteiger charge is -2.08. The van der Waals surface area contributed by atoms with Crippen LogP contribution >= 0.6 is 0 Å². The summed E-state index contributed by atoms with van der Waals surface area (Å²) >= 11 is 0. The molecule has 5 heteroatoms. The van der Waals surface area contributed by atoms with Gasteiger partial charge < -0.3 is 9.47 Å². The Labute approximate surface area is 204 Å². The van der Waals surface area contributed by atoms with Crippen molar-refractivity contribution in [3.63, 3.8) is 0 Å². The average Bonchev–Trinajstić information content (AvgIpc) is 2.89. The van der Waals surface area contributed by atoms with E-state index < -0.39 is 11.9 Å². The van der Waals surface area contributed by atoms with Crippen molar-refractivity contribution >= 4 is 22.7 Å². The smallest absolute Gasteiger partial charge is 0.343 e. The summed E-state index contributed by atoms with van der Waals surface area (Å²) in [6, 6.07) is 26.3. The standard InChI is InChI=1S/C30H25NO4/c1-2-3-4-5-21-6-14-27(15-7-21)34-29(32)25-12-10-24-19-26(13-11-23(24)18-25)30(33)35-28-16-8-22(20-31)9-17-28/h6-19H,2-5H2,1H3. The molecule has 0 aliphatic rings. The SMILES string of the molecule is CCCCCc1ccc(OC(=O)c2ccc3cc(C(=O)Oc4ccc(C#N)cc4)ccc3c2)cc1. The maximum Gasteiger partial charge on any atom is 0.343 e. The molecule has 0 fully saturated rings. The van der Waals surface area contributed by atoms with Crippen LogP contribution < -0.4 is 9.47 Å². The first-order valence-corrected chi connectivity index (χ1v) is 11.6. The van der Waals surface area contributed by atoms with Crippen LogP contribution in [0, 0.1) is 11.3 Å². The van der Waals surface area contributed by atoms with Crippen molar-refractivity contribution in [1.29, 1.82) is 5.26 Å². The van der Waals surface area contributed by atoms with Gasteiger partial charge in [-0.3, -0.25) is 0 Å². The van der Waals surface area contributed by atoms with Gasteiger partial charge in [0, 0.05) is 0 Å². The molecule has 0 radical (unpaired) electrons. The Morgan fingerprint density at radius 2 is 1.23 bits per heavy atom. The van der Waals surface area contributed by atoms with E-state index in [1.54, 1.807) is 60.7 Å². The third kappa shape index (κ3) is 6.13. The summed E-state index contributed by atoms with van der Waals surface area (Å²) in [5.41, 5.74) is 2.54. The molecule has 0 heterocycles. The van der Waals surface area contributed by atoms with Gasteiger partial charge >= 0.3 is 11.9 Å². The molecule has 4 aromatic carbocycles. The van der Waals surface area contributed by atoms with Crippen LogP contribution in [0.25, 0.3) is 10.8 Å². The zero-order chi connectivity index (χ0) is 24.6. The van der Waals surface area contributed by atoms with E-state index in [-0.39, 0.29) is 0 Å². The summed E-state index contributed by atoms with van der Waals surface area (Å²) < 4.78 is 10.9. The number of esters is 2. The van der Waals surface area contributed by atoms with Crippen molar-refractivity contribution in [2.75, 3.05) is 0 Å². The zero-order valence-electron chi connectivity index (χ0n) is 19.5. The van der Waals surface area contributed by atoms with Gasteiger partial charge in [0.25, 0.3) is 0 Å². The number of aryl methyl sites for hydroxylation is 1. The zero-order valence-corrected chi connectivity index (χ0v) is 19.5. The van der Waals surface area contributed by atoms with Crippen LogP contribution in [-0.4, -0.2) is 11.9 Å². The molecule has 0 saturated heterocycles. The van der Waals surface area contributed by atoms with Crippen molar-refractivity contribution in [1.82, 2.24) is 0 Å². The van der Waals surface area contributed by atoms with Crippen molar-refractivity contribution in [2.24, 2.45) is 0 Å². The number of hydrogen-bond donors (Lipinski definition) is 0. The maximum absolute atomic E-state index is 12.7. The van der Waals surface area contributed by atoms with Crippen molar-refractivity contribution in [3.8, 4) is 17.6 Å². The molecule has 0 amide bonds. The Balaban J connectivity index is 1.42. The number of hydrogen-bond acceptors (Lipinski definition) is 5. The maximum atomic E-state index is 12.7. The van der Waals surface area contributed by atoms with E-state index in [4.69, 9.17) is 14.7 Å². The van der Waals surface area contributed by atoms with Gasteiger partial charge in [0.1, 0.15) is 11.5 Å². The lowest BCUT2D eigenvalue weighted by Crippen LogP contribution is -2.09. The number of nitriles is 1. The molecule has 0 aliphatic carbocycles. The summed E-state index contributed by atoms with van der Waals surface area (Å²) in [5, 5.41) is 10.5. The van der Waals surface area contributed by atoms with E-state index in [9.17, 15) is 9.59 Å². The monoisotopic (exact) mass is 463 g/mol. The Morgan fingerprint density at radius 1 is 0.714 bits per heavy atom. The number of benzene rings is 4. The largest absolute Gasteiger partial charge is 0.423 e. The highest BCUT2D eigenvalue weighted by atomic mass is 16.5. The second kappa shape index (κ2) is 11.1. The van der Waals surface area contributed by atoms with E-state index in [2.05, 4.69) is 6.92 Å². The van der Waals surface area contributed by atoms with E-state index in [1.807, 2.05) is 30.3 Å². The first-order valence-electron chi connectivity index (χ1n) is 11.6. The number of nitrogens with zero attached hydrogens (tertiary/aromatic N) is 1. The number of unbranched alkanes of at least 4 members (excludes halogenated alkanes) is 2. The van der Waals surface area contributed by atoms with Crippen LogP contribution in [0.5, 0.6) is 11.5 Å².